The summed E-state index contributed by atoms with van der Waals surface area (Å²) in [5, 5.41) is 0. The molecular weight excluding hydrogens is 366 g/mol. The maximum atomic E-state index is 11.3. The quantitative estimate of drug-likeness (QED) is 0.166. The van der Waals surface area contributed by atoms with Gasteiger partial charge in [-0.2, -0.15) is 0 Å². The zero-order valence-electron chi connectivity index (χ0n) is 17.7. The van der Waals surface area contributed by atoms with E-state index in [4.69, 9.17) is 4.74 Å². The van der Waals surface area contributed by atoms with Gasteiger partial charge in [0.1, 0.15) is 6.61 Å². The van der Waals surface area contributed by atoms with Gasteiger partial charge in [0.05, 0.1) is 15.9 Å². The highest BCUT2D eigenvalue weighted by molar-refractivity contribution is 7.85. The SMILES string of the molecule is CCCCCCCCCCCCCCCCCC(=O)OCCS(=O)(=O)[O-].[NH4+]. The molecule has 0 aromatic carbocycles. The Labute approximate surface area is 167 Å². The molecule has 0 bridgehead atoms. The molecule has 0 atom stereocenters. The number of hydrogen-bond donors (Lipinski definition) is 1. The number of rotatable bonds is 19. The monoisotopic (exact) mass is 409 g/mol. The van der Waals surface area contributed by atoms with Crippen LogP contribution in [-0.4, -0.2) is 31.3 Å². The van der Waals surface area contributed by atoms with Gasteiger partial charge in [-0.1, -0.05) is 96.8 Å². The van der Waals surface area contributed by atoms with Crippen molar-refractivity contribution >= 4 is 16.1 Å². The maximum Gasteiger partial charge on any atom is 0.305 e. The Hall–Kier alpha value is -0.660. The Kier molecular flexibility index (Phi) is 21.2. The summed E-state index contributed by atoms with van der Waals surface area (Å²) >= 11 is 0. The van der Waals surface area contributed by atoms with Crippen LogP contribution in [-0.2, 0) is 19.6 Å². The second kappa shape index (κ2) is 20.1. The van der Waals surface area contributed by atoms with Gasteiger partial charge in [0.15, 0.2) is 0 Å². The fourth-order valence-electron chi connectivity index (χ4n) is 2.97. The van der Waals surface area contributed by atoms with Crippen molar-refractivity contribution < 1.29 is 22.5 Å². The smallest absolute Gasteiger partial charge is 0.305 e. The Morgan fingerprint density at radius 2 is 1.11 bits per heavy atom. The predicted molar refractivity (Wildman–Crippen MR) is 111 cm³/mol. The molecule has 0 amide bonds. The number of hydrogen-bond acceptors (Lipinski definition) is 5. The number of carbonyl (C=O) groups is 1. The fourth-order valence-corrected chi connectivity index (χ4v) is 3.26. The van der Waals surface area contributed by atoms with Crippen molar-refractivity contribution in [2.45, 2.75) is 110 Å². The third-order valence-electron chi connectivity index (χ3n) is 4.58. The van der Waals surface area contributed by atoms with Gasteiger partial charge in [-0.15, -0.1) is 0 Å². The van der Waals surface area contributed by atoms with Crippen molar-refractivity contribution in [3.05, 3.63) is 0 Å². The van der Waals surface area contributed by atoms with E-state index < -0.39 is 21.8 Å². The van der Waals surface area contributed by atoms with Gasteiger partial charge in [0.25, 0.3) is 0 Å². The molecule has 0 heterocycles. The summed E-state index contributed by atoms with van der Waals surface area (Å²) < 4.78 is 35.8. The highest BCUT2D eigenvalue weighted by Gasteiger charge is 2.04. The molecule has 0 saturated carbocycles. The molecule has 0 aliphatic carbocycles. The molecule has 0 unspecified atom stereocenters. The molecule has 164 valence electrons. The highest BCUT2D eigenvalue weighted by atomic mass is 32.2. The largest absolute Gasteiger partial charge is 0.748 e. The number of esters is 1. The number of ether oxygens (including phenoxy) is 1. The number of quaternary nitrogens is 1. The molecule has 0 aromatic rings. The van der Waals surface area contributed by atoms with Gasteiger partial charge in [0, 0.05) is 6.42 Å². The van der Waals surface area contributed by atoms with E-state index in [0.29, 0.717) is 6.42 Å². The van der Waals surface area contributed by atoms with E-state index in [1.807, 2.05) is 0 Å². The van der Waals surface area contributed by atoms with Gasteiger partial charge in [-0.05, 0) is 6.42 Å². The van der Waals surface area contributed by atoms with Gasteiger partial charge in [-0.3, -0.25) is 4.79 Å². The zero-order valence-corrected chi connectivity index (χ0v) is 18.5. The van der Waals surface area contributed by atoms with E-state index >= 15 is 0 Å². The van der Waals surface area contributed by atoms with Crippen molar-refractivity contribution in [2.75, 3.05) is 12.4 Å². The van der Waals surface area contributed by atoms with Crippen LogP contribution in [0, 0.1) is 0 Å². The van der Waals surface area contributed by atoms with Crippen LogP contribution in [0.25, 0.3) is 0 Å². The van der Waals surface area contributed by atoms with Crippen LogP contribution in [0.5, 0.6) is 0 Å². The summed E-state index contributed by atoms with van der Waals surface area (Å²) in [5.41, 5.74) is 0. The molecular formula is C20H43NO5S. The number of carbonyl (C=O) groups excluding carboxylic acids is 1. The van der Waals surface area contributed by atoms with Gasteiger partial charge >= 0.3 is 5.97 Å². The normalized spacial score (nSPS) is 11.2. The fraction of sp³-hybridized carbons (Fsp3) is 0.950. The first-order chi connectivity index (χ1) is 12.5. The summed E-state index contributed by atoms with van der Waals surface area (Å²) in [4.78, 5) is 11.3. The molecule has 4 N–H and O–H groups in total. The Morgan fingerprint density at radius 3 is 1.48 bits per heavy atom. The van der Waals surface area contributed by atoms with Crippen LogP contribution < -0.4 is 6.15 Å². The summed E-state index contributed by atoms with van der Waals surface area (Å²) in [5.74, 6) is -1.05. The summed E-state index contributed by atoms with van der Waals surface area (Å²) in [7, 11) is -4.30. The molecule has 0 radical (unpaired) electrons. The van der Waals surface area contributed by atoms with Crippen LogP contribution in [0.1, 0.15) is 110 Å². The van der Waals surface area contributed by atoms with E-state index in [0.717, 1.165) is 19.3 Å². The Morgan fingerprint density at radius 1 is 0.741 bits per heavy atom. The van der Waals surface area contributed by atoms with Gasteiger partial charge < -0.3 is 15.4 Å². The molecule has 0 spiro atoms. The lowest BCUT2D eigenvalue weighted by molar-refractivity contribution is -0.143. The first-order valence-electron chi connectivity index (χ1n) is 10.5. The maximum absolute atomic E-state index is 11.3. The minimum atomic E-state index is -4.30. The van der Waals surface area contributed by atoms with Crippen molar-refractivity contribution in [1.29, 1.82) is 0 Å². The second-order valence-electron chi connectivity index (χ2n) is 7.18. The molecule has 0 fully saturated rings. The van der Waals surface area contributed by atoms with Crippen molar-refractivity contribution in [1.82, 2.24) is 6.15 Å². The van der Waals surface area contributed by atoms with Crippen molar-refractivity contribution in [3.63, 3.8) is 0 Å². The average molecular weight is 410 g/mol. The lowest BCUT2D eigenvalue weighted by Gasteiger charge is -2.07. The van der Waals surface area contributed by atoms with E-state index in [-0.39, 0.29) is 12.8 Å². The minimum Gasteiger partial charge on any atom is -0.748 e. The number of unbranched alkanes of at least 4 members (excludes halogenated alkanes) is 14. The van der Waals surface area contributed by atoms with Gasteiger partial charge in [-0.25, -0.2) is 8.42 Å². The molecule has 0 rings (SSSR count). The minimum absolute atomic E-state index is 0. The second-order valence-corrected chi connectivity index (χ2v) is 8.71. The molecule has 27 heavy (non-hydrogen) atoms. The Balaban J connectivity index is 0. The lowest BCUT2D eigenvalue weighted by atomic mass is 10.0. The van der Waals surface area contributed by atoms with Crippen LogP contribution in [0.2, 0.25) is 0 Å². The predicted octanol–water partition coefficient (Wildman–Crippen LogP) is 5.71. The zero-order chi connectivity index (χ0) is 19.5. The van der Waals surface area contributed by atoms with Crippen LogP contribution in [0.4, 0.5) is 0 Å². The molecule has 0 aliphatic rings. The highest BCUT2D eigenvalue weighted by Crippen LogP contribution is 2.13. The van der Waals surface area contributed by atoms with Crippen molar-refractivity contribution in [2.24, 2.45) is 0 Å². The van der Waals surface area contributed by atoms with Crippen LogP contribution in [0.3, 0.4) is 0 Å². The third-order valence-corrected chi connectivity index (χ3v) is 5.25. The molecule has 0 aliphatic heterocycles. The molecule has 0 saturated heterocycles. The van der Waals surface area contributed by atoms with E-state index in [2.05, 4.69) is 6.92 Å². The average Bonchev–Trinajstić information content (AvgIpc) is 2.57. The molecule has 6 nitrogen and oxygen atoms in total. The van der Waals surface area contributed by atoms with Crippen LogP contribution >= 0.6 is 0 Å². The van der Waals surface area contributed by atoms with Crippen LogP contribution in [0.15, 0.2) is 0 Å². The first-order valence-corrected chi connectivity index (χ1v) is 12.1. The van der Waals surface area contributed by atoms with E-state index in [1.54, 1.807) is 0 Å². The van der Waals surface area contributed by atoms with E-state index in [1.165, 1.54) is 77.0 Å². The first kappa shape index (κ1) is 28.5. The standard InChI is InChI=1S/C20H40O5S.H3N/c1-2-3-4-5-6-7-8-9-10-11-12-13-14-15-16-17-20(21)25-18-19-26(22,23)24;/h2-19H2,1H3,(H,22,23,24);1H3. The van der Waals surface area contributed by atoms with Gasteiger partial charge in [0.2, 0.25) is 0 Å². The molecule has 0 aromatic heterocycles. The Bertz CT molecular complexity index is 426. The van der Waals surface area contributed by atoms with E-state index in [9.17, 15) is 17.8 Å². The topological polar surface area (TPSA) is 120 Å². The summed E-state index contributed by atoms with van der Waals surface area (Å²) in [6, 6.07) is 0. The van der Waals surface area contributed by atoms with Crippen molar-refractivity contribution in [3.8, 4) is 0 Å². The third kappa shape index (κ3) is 25.3. The summed E-state index contributed by atoms with van der Waals surface area (Å²) in [6.45, 7) is 1.92. The summed E-state index contributed by atoms with van der Waals surface area (Å²) in [6.07, 6.45) is 19.3. The lowest BCUT2D eigenvalue weighted by Crippen LogP contribution is -2.14. The molecule has 7 heteroatoms.